The Kier molecular flexibility index (Phi) is 8.18. The van der Waals surface area contributed by atoms with Gasteiger partial charge in [0, 0.05) is 75.8 Å². The van der Waals surface area contributed by atoms with Crippen LogP contribution in [-0.2, 0) is 21.4 Å². The zero-order chi connectivity index (χ0) is 30.1. The summed E-state index contributed by atoms with van der Waals surface area (Å²) in [5.41, 5.74) is 4.30. The van der Waals surface area contributed by atoms with Gasteiger partial charge in [0.1, 0.15) is 6.04 Å². The van der Waals surface area contributed by atoms with Gasteiger partial charge in [0.2, 0.25) is 11.8 Å². The third kappa shape index (κ3) is 5.62. The minimum atomic E-state index is -0.682. The van der Waals surface area contributed by atoms with Gasteiger partial charge in [-0.15, -0.1) is 0 Å². The number of carbonyl (C=O) groups excluding carboxylic acids is 3. The summed E-state index contributed by atoms with van der Waals surface area (Å²) >= 11 is 0. The van der Waals surface area contributed by atoms with Crippen LogP contribution in [0.5, 0.6) is 0 Å². The lowest BCUT2D eigenvalue weighted by Gasteiger charge is -2.41. The molecule has 3 atom stereocenters. The van der Waals surface area contributed by atoms with E-state index in [-0.39, 0.29) is 35.2 Å². The molecule has 2 saturated heterocycles. The first-order chi connectivity index (χ1) is 20.8. The van der Waals surface area contributed by atoms with Crippen molar-refractivity contribution in [1.29, 1.82) is 0 Å². The highest BCUT2D eigenvalue weighted by Crippen LogP contribution is 2.52. The van der Waals surface area contributed by atoms with Gasteiger partial charge in [-0.1, -0.05) is 42.5 Å². The lowest BCUT2D eigenvalue weighted by atomic mass is 9.73. The number of carbonyl (C=O) groups is 3. The number of nitrogens with one attached hydrogen (secondary N) is 3. The van der Waals surface area contributed by atoms with Gasteiger partial charge in [-0.25, -0.2) is 4.79 Å². The number of piperidine rings is 2. The minimum absolute atomic E-state index is 0.0455. The van der Waals surface area contributed by atoms with Gasteiger partial charge in [-0.05, 0) is 61.4 Å². The molecule has 228 valence electrons. The maximum Gasteiger partial charge on any atom is 0.318 e. The SMILES string of the molecule is CN(C)C(=O)[C@@H]1CC2(CCN(C(=O)C(Cc3c[nH]c4ccccc34)NC(=O)N(C)C3CCCNC3)CC2)c2ccccc21. The quantitative estimate of drug-likeness (QED) is 0.412. The molecule has 4 amide bonds. The fourth-order valence-electron chi connectivity index (χ4n) is 7.58. The molecule has 3 aliphatic rings. The van der Waals surface area contributed by atoms with E-state index in [1.165, 1.54) is 5.56 Å². The van der Waals surface area contributed by atoms with Crippen molar-refractivity contribution < 1.29 is 14.4 Å². The zero-order valence-electron chi connectivity index (χ0n) is 25.6. The van der Waals surface area contributed by atoms with Crippen molar-refractivity contribution in [2.45, 2.75) is 61.9 Å². The van der Waals surface area contributed by atoms with Crippen LogP contribution in [-0.4, -0.2) is 96.9 Å². The Bertz CT molecular complexity index is 1480. The lowest BCUT2D eigenvalue weighted by Crippen LogP contribution is -2.57. The minimum Gasteiger partial charge on any atom is -0.361 e. The van der Waals surface area contributed by atoms with Crippen molar-refractivity contribution >= 4 is 28.7 Å². The van der Waals surface area contributed by atoms with Crippen LogP contribution in [0, 0.1) is 0 Å². The average molecular weight is 585 g/mol. The van der Waals surface area contributed by atoms with E-state index in [0.29, 0.717) is 19.5 Å². The van der Waals surface area contributed by atoms with Crippen molar-refractivity contribution in [2.75, 3.05) is 47.3 Å². The summed E-state index contributed by atoms with van der Waals surface area (Å²) in [6.07, 6.45) is 6.72. The van der Waals surface area contributed by atoms with Crippen LogP contribution >= 0.6 is 0 Å². The predicted octanol–water partition coefficient (Wildman–Crippen LogP) is 3.61. The molecule has 1 aliphatic carbocycles. The Hall–Kier alpha value is -3.85. The molecule has 2 fully saturated rings. The van der Waals surface area contributed by atoms with E-state index in [4.69, 9.17) is 0 Å². The number of aromatic amines is 1. The number of likely N-dealkylation sites (tertiary alicyclic amines) is 1. The number of rotatable bonds is 6. The summed E-state index contributed by atoms with van der Waals surface area (Å²) < 4.78 is 0. The number of aromatic nitrogens is 1. The molecule has 9 heteroatoms. The summed E-state index contributed by atoms with van der Waals surface area (Å²) in [4.78, 5) is 49.5. The normalized spacial score (nSPS) is 21.8. The maximum atomic E-state index is 14.2. The van der Waals surface area contributed by atoms with E-state index in [2.05, 4.69) is 39.9 Å². The number of hydrogen-bond acceptors (Lipinski definition) is 4. The monoisotopic (exact) mass is 584 g/mol. The first-order valence-corrected chi connectivity index (χ1v) is 15.7. The van der Waals surface area contributed by atoms with Gasteiger partial charge in [0.25, 0.3) is 0 Å². The van der Waals surface area contributed by atoms with E-state index >= 15 is 0 Å². The van der Waals surface area contributed by atoms with Crippen molar-refractivity contribution in [3.05, 3.63) is 71.4 Å². The molecule has 43 heavy (non-hydrogen) atoms. The second kappa shape index (κ2) is 12.0. The first-order valence-electron chi connectivity index (χ1n) is 15.7. The molecule has 0 radical (unpaired) electrons. The summed E-state index contributed by atoms with van der Waals surface area (Å²) in [6, 6.07) is 15.6. The Morgan fingerprint density at radius 1 is 1.05 bits per heavy atom. The van der Waals surface area contributed by atoms with Gasteiger partial charge >= 0.3 is 6.03 Å². The Labute approximate surface area is 254 Å². The van der Waals surface area contributed by atoms with Crippen LogP contribution in [0.3, 0.4) is 0 Å². The number of urea groups is 1. The van der Waals surface area contributed by atoms with Gasteiger partial charge in [0.05, 0.1) is 5.92 Å². The number of likely N-dealkylation sites (N-methyl/N-ethyl adjacent to an activating group) is 2. The topological polar surface area (TPSA) is 101 Å². The van der Waals surface area contributed by atoms with Crippen molar-refractivity contribution in [2.24, 2.45) is 0 Å². The van der Waals surface area contributed by atoms with E-state index in [1.54, 1.807) is 9.80 Å². The molecule has 0 saturated carbocycles. The summed E-state index contributed by atoms with van der Waals surface area (Å²) in [6.45, 7) is 2.92. The number of hydrogen-bond donors (Lipinski definition) is 3. The molecule has 6 rings (SSSR count). The Morgan fingerprint density at radius 3 is 2.53 bits per heavy atom. The molecule has 2 aromatic carbocycles. The lowest BCUT2D eigenvalue weighted by molar-refractivity contribution is -0.135. The number of nitrogens with zero attached hydrogens (tertiary/aromatic N) is 3. The van der Waals surface area contributed by atoms with Crippen LogP contribution in [0.1, 0.15) is 54.7 Å². The number of para-hydroxylation sites is 1. The number of benzene rings is 2. The number of amides is 4. The molecule has 2 unspecified atom stereocenters. The molecular formula is C34H44N6O3. The molecule has 1 aromatic heterocycles. The van der Waals surface area contributed by atoms with Crippen LogP contribution in [0.25, 0.3) is 10.9 Å². The predicted molar refractivity (Wildman–Crippen MR) is 168 cm³/mol. The number of fused-ring (bicyclic) bond motifs is 3. The molecular weight excluding hydrogens is 540 g/mol. The standard InChI is InChI=1S/C34H44N6O3/c1-38(2)31(41)27-20-34(28-12-6-4-11-26(27)28)14-17-40(18-15-34)32(42)30(19-23-21-36-29-13-7-5-10-25(23)29)37-33(43)39(3)24-9-8-16-35-22-24/h4-7,10-13,21,24,27,30,35-36H,8-9,14-20,22H2,1-3H3,(H,37,43)/t24?,27-,30?/m1/s1. The highest BCUT2D eigenvalue weighted by atomic mass is 16.2. The molecule has 3 heterocycles. The number of H-pyrrole nitrogens is 1. The van der Waals surface area contributed by atoms with E-state index in [9.17, 15) is 14.4 Å². The summed E-state index contributed by atoms with van der Waals surface area (Å²) in [5, 5.41) is 7.57. The molecule has 1 spiro atoms. The van der Waals surface area contributed by atoms with Crippen molar-refractivity contribution in [3.8, 4) is 0 Å². The highest BCUT2D eigenvalue weighted by molar-refractivity contribution is 5.90. The molecule has 9 nitrogen and oxygen atoms in total. The summed E-state index contributed by atoms with van der Waals surface area (Å²) in [5.74, 6) is -0.0513. The zero-order valence-corrected chi connectivity index (χ0v) is 25.6. The Balaban J connectivity index is 1.21. The van der Waals surface area contributed by atoms with Gasteiger partial charge in [-0.3, -0.25) is 9.59 Å². The van der Waals surface area contributed by atoms with Crippen LogP contribution in [0.15, 0.2) is 54.7 Å². The Morgan fingerprint density at radius 2 is 1.79 bits per heavy atom. The molecule has 0 bridgehead atoms. The van der Waals surface area contributed by atoms with E-state index in [0.717, 1.165) is 67.2 Å². The smallest absolute Gasteiger partial charge is 0.318 e. The molecule has 3 N–H and O–H groups in total. The van der Waals surface area contributed by atoms with Crippen LogP contribution in [0.2, 0.25) is 0 Å². The van der Waals surface area contributed by atoms with Crippen LogP contribution < -0.4 is 10.6 Å². The third-order valence-corrected chi connectivity index (χ3v) is 10.1. The van der Waals surface area contributed by atoms with Gasteiger partial charge < -0.3 is 30.3 Å². The van der Waals surface area contributed by atoms with Crippen molar-refractivity contribution in [3.63, 3.8) is 0 Å². The highest BCUT2D eigenvalue weighted by Gasteiger charge is 2.48. The van der Waals surface area contributed by atoms with Gasteiger partial charge in [0.15, 0.2) is 0 Å². The second-order valence-electron chi connectivity index (χ2n) is 12.9. The average Bonchev–Trinajstić information content (AvgIpc) is 3.59. The second-order valence-corrected chi connectivity index (χ2v) is 12.9. The van der Waals surface area contributed by atoms with E-state index < -0.39 is 6.04 Å². The van der Waals surface area contributed by atoms with Gasteiger partial charge in [-0.2, -0.15) is 0 Å². The maximum absolute atomic E-state index is 14.2. The fourth-order valence-corrected chi connectivity index (χ4v) is 7.58. The van der Waals surface area contributed by atoms with E-state index in [1.807, 2.05) is 56.5 Å². The molecule has 3 aromatic rings. The molecule has 2 aliphatic heterocycles. The third-order valence-electron chi connectivity index (χ3n) is 10.1. The largest absolute Gasteiger partial charge is 0.361 e. The fraction of sp³-hybridized carbons (Fsp3) is 0.500. The summed E-state index contributed by atoms with van der Waals surface area (Å²) in [7, 11) is 5.47. The van der Waals surface area contributed by atoms with Crippen molar-refractivity contribution in [1.82, 2.24) is 30.3 Å². The first kappa shape index (κ1) is 29.2. The van der Waals surface area contributed by atoms with Crippen LogP contribution in [0.4, 0.5) is 4.79 Å².